The van der Waals surface area contributed by atoms with E-state index in [0.717, 1.165) is 5.75 Å². The molecule has 0 aliphatic heterocycles. The van der Waals surface area contributed by atoms with Crippen molar-refractivity contribution in [1.29, 1.82) is 0 Å². The van der Waals surface area contributed by atoms with E-state index in [0.29, 0.717) is 12.3 Å². The number of thioether (sulfide) groups is 1. The number of carbonyl (C=O) groups is 1. The molecule has 0 fully saturated rings. The van der Waals surface area contributed by atoms with Crippen molar-refractivity contribution in [3.05, 3.63) is 0 Å². The monoisotopic (exact) mass is 208 g/mol. The Balaban J connectivity index is 0. The second-order valence-corrected chi connectivity index (χ2v) is 3.27. The van der Waals surface area contributed by atoms with Crippen molar-refractivity contribution in [1.82, 2.24) is 5.01 Å². The van der Waals surface area contributed by atoms with Crippen molar-refractivity contribution in [2.75, 3.05) is 24.7 Å². The molecule has 0 saturated carbocycles. The van der Waals surface area contributed by atoms with Crippen LogP contribution < -0.4 is 5.84 Å². The third kappa shape index (κ3) is 11.7. The number of amides is 1. The maximum absolute atomic E-state index is 10.5. The number of nitrogens with zero attached hydrogens (tertiary/aromatic N) is 1. The Labute approximate surface area is 84.4 Å². The highest BCUT2D eigenvalue weighted by atomic mass is 32.2. The standard InChI is InChI=1S/C6H14N2O2S.C2H6/c1-6(10)8(7)2-4-11-5-3-9;1-2/h9H,2-5,7H2,1H3;1-2H3. The molecule has 0 bridgehead atoms. The number of hydrogen-bond donors (Lipinski definition) is 2. The molecule has 0 saturated heterocycles. The van der Waals surface area contributed by atoms with Gasteiger partial charge in [-0.2, -0.15) is 11.8 Å². The van der Waals surface area contributed by atoms with Gasteiger partial charge in [-0.1, -0.05) is 13.8 Å². The minimum absolute atomic E-state index is 0.130. The molecule has 0 aromatic carbocycles. The van der Waals surface area contributed by atoms with Crippen LogP contribution in [-0.4, -0.2) is 40.7 Å². The van der Waals surface area contributed by atoms with Crippen LogP contribution in [0.4, 0.5) is 0 Å². The molecular weight excluding hydrogens is 188 g/mol. The van der Waals surface area contributed by atoms with Gasteiger partial charge in [0, 0.05) is 25.0 Å². The Bertz CT molecular complexity index is 123. The van der Waals surface area contributed by atoms with Crippen molar-refractivity contribution >= 4 is 17.7 Å². The molecule has 4 nitrogen and oxygen atoms in total. The minimum Gasteiger partial charge on any atom is -0.396 e. The lowest BCUT2D eigenvalue weighted by atomic mass is 10.6. The van der Waals surface area contributed by atoms with E-state index in [2.05, 4.69) is 0 Å². The quantitative estimate of drug-likeness (QED) is 0.298. The smallest absolute Gasteiger partial charge is 0.233 e. The first-order valence-electron chi connectivity index (χ1n) is 4.40. The van der Waals surface area contributed by atoms with Gasteiger partial charge in [-0.3, -0.25) is 9.80 Å². The molecule has 80 valence electrons. The first-order valence-corrected chi connectivity index (χ1v) is 5.55. The summed E-state index contributed by atoms with van der Waals surface area (Å²) in [7, 11) is 0. The molecule has 0 rings (SSSR count). The van der Waals surface area contributed by atoms with Gasteiger partial charge in [-0.25, -0.2) is 5.84 Å². The Kier molecular flexibility index (Phi) is 13.7. The largest absolute Gasteiger partial charge is 0.396 e. The average Bonchev–Trinajstić information content (AvgIpc) is 2.15. The first kappa shape index (κ1) is 15.2. The Morgan fingerprint density at radius 1 is 1.46 bits per heavy atom. The van der Waals surface area contributed by atoms with Crippen LogP contribution in [-0.2, 0) is 4.79 Å². The van der Waals surface area contributed by atoms with Gasteiger partial charge >= 0.3 is 0 Å². The van der Waals surface area contributed by atoms with Crippen LogP contribution in [0.5, 0.6) is 0 Å². The lowest BCUT2D eigenvalue weighted by Gasteiger charge is -2.12. The number of carbonyl (C=O) groups excluding carboxylic acids is 1. The molecule has 0 aromatic rings. The van der Waals surface area contributed by atoms with Gasteiger partial charge in [0.05, 0.1) is 6.61 Å². The number of hydrogen-bond acceptors (Lipinski definition) is 4. The summed E-state index contributed by atoms with van der Waals surface area (Å²) < 4.78 is 0. The second-order valence-electron chi connectivity index (χ2n) is 2.05. The van der Waals surface area contributed by atoms with E-state index in [-0.39, 0.29) is 12.5 Å². The lowest BCUT2D eigenvalue weighted by molar-refractivity contribution is -0.128. The van der Waals surface area contributed by atoms with Crippen LogP contribution in [0.25, 0.3) is 0 Å². The summed E-state index contributed by atoms with van der Waals surface area (Å²) in [6.45, 7) is 6.14. The molecule has 0 aliphatic carbocycles. The van der Waals surface area contributed by atoms with Crippen molar-refractivity contribution in [2.45, 2.75) is 20.8 Å². The van der Waals surface area contributed by atoms with Gasteiger partial charge < -0.3 is 5.11 Å². The van der Waals surface area contributed by atoms with Gasteiger partial charge in [0.1, 0.15) is 0 Å². The summed E-state index contributed by atoms with van der Waals surface area (Å²) in [4.78, 5) is 10.5. The molecule has 0 heterocycles. The number of rotatable bonds is 5. The molecule has 0 atom stereocenters. The van der Waals surface area contributed by atoms with Crippen LogP contribution in [0.15, 0.2) is 0 Å². The normalized spacial score (nSPS) is 8.69. The van der Waals surface area contributed by atoms with E-state index in [1.54, 1.807) is 11.8 Å². The van der Waals surface area contributed by atoms with Crippen LogP contribution in [0, 0.1) is 0 Å². The van der Waals surface area contributed by atoms with E-state index in [4.69, 9.17) is 10.9 Å². The molecule has 0 aliphatic rings. The molecule has 13 heavy (non-hydrogen) atoms. The molecule has 0 spiro atoms. The Morgan fingerprint density at radius 3 is 2.38 bits per heavy atom. The van der Waals surface area contributed by atoms with Gasteiger partial charge in [0.15, 0.2) is 0 Å². The SMILES string of the molecule is CC.CC(=O)N(N)CCSCCO. The molecule has 3 N–H and O–H groups in total. The highest BCUT2D eigenvalue weighted by Crippen LogP contribution is 1.97. The number of aliphatic hydroxyl groups excluding tert-OH is 1. The summed E-state index contributed by atoms with van der Waals surface area (Å²) in [6.07, 6.45) is 0. The number of aliphatic hydroxyl groups is 1. The molecule has 0 unspecified atom stereocenters. The zero-order valence-corrected chi connectivity index (χ0v) is 9.43. The highest BCUT2D eigenvalue weighted by Gasteiger charge is 2.00. The molecule has 1 amide bonds. The van der Waals surface area contributed by atoms with Crippen molar-refractivity contribution in [3.63, 3.8) is 0 Å². The summed E-state index contributed by atoms with van der Waals surface area (Å²) in [5.41, 5.74) is 0. The maximum Gasteiger partial charge on any atom is 0.233 e. The topological polar surface area (TPSA) is 66.6 Å². The average molecular weight is 208 g/mol. The van der Waals surface area contributed by atoms with Crippen molar-refractivity contribution in [2.24, 2.45) is 5.84 Å². The van der Waals surface area contributed by atoms with Gasteiger partial charge in [0.2, 0.25) is 5.91 Å². The zero-order valence-electron chi connectivity index (χ0n) is 8.62. The van der Waals surface area contributed by atoms with Crippen molar-refractivity contribution < 1.29 is 9.90 Å². The molecule has 0 radical (unpaired) electrons. The van der Waals surface area contributed by atoms with Crippen LogP contribution >= 0.6 is 11.8 Å². The van der Waals surface area contributed by atoms with Gasteiger partial charge in [-0.05, 0) is 0 Å². The van der Waals surface area contributed by atoms with Gasteiger partial charge in [0.25, 0.3) is 0 Å². The zero-order chi connectivity index (χ0) is 10.7. The predicted octanol–water partition coefficient (Wildman–Crippen LogP) is 0.460. The predicted molar refractivity (Wildman–Crippen MR) is 57.3 cm³/mol. The van der Waals surface area contributed by atoms with E-state index >= 15 is 0 Å². The fourth-order valence-electron chi connectivity index (χ4n) is 0.487. The minimum atomic E-state index is -0.130. The first-order chi connectivity index (χ1) is 6.18. The third-order valence-corrected chi connectivity index (χ3v) is 2.06. The fraction of sp³-hybridized carbons (Fsp3) is 0.875. The fourth-order valence-corrected chi connectivity index (χ4v) is 1.15. The van der Waals surface area contributed by atoms with E-state index < -0.39 is 0 Å². The second kappa shape index (κ2) is 11.7. The molecule has 5 heteroatoms. The van der Waals surface area contributed by atoms with Crippen LogP contribution in [0.3, 0.4) is 0 Å². The number of hydrazine groups is 1. The number of nitrogens with two attached hydrogens (primary N) is 1. The maximum atomic E-state index is 10.5. The van der Waals surface area contributed by atoms with Crippen LogP contribution in [0.1, 0.15) is 20.8 Å². The third-order valence-electron chi connectivity index (χ3n) is 1.12. The van der Waals surface area contributed by atoms with Gasteiger partial charge in [-0.15, -0.1) is 0 Å². The molecule has 0 aromatic heterocycles. The summed E-state index contributed by atoms with van der Waals surface area (Å²) in [5, 5.41) is 9.58. The van der Waals surface area contributed by atoms with Crippen LogP contribution in [0.2, 0.25) is 0 Å². The Morgan fingerprint density at radius 2 is 2.00 bits per heavy atom. The molecular formula is C8H20N2O2S. The highest BCUT2D eigenvalue weighted by molar-refractivity contribution is 7.99. The van der Waals surface area contributed by atoms with E-state index in [9.17, 15) is 4.79 Å². The summed E-state index contributed by atoms with van der Waals surface area (Å²) >= 11 is 1.58. The summed E-state index contributed by atoms with van der Waals surface area (Å²) in [5.74, 6) is 6.65. The van der Waals surface area contributed by atoms with E-state index in [1.165, 1.54) is 11.9 Å². The van der Waals surface area contributed by atoms with Crippen molar-refractivity contribution in [3.8, 4) is 0 Å². The summed E-state index contributed by atoms with van der Waals surface area (Å²) in [6, 6.07) is 0. The van der Waals surface area contributed by atoms with E-state index in [1.807, 2.05) is 13.8 Å². The Hall–Kier alpha value is -0.260. The lowest BCUT2D eigenvalue weighted by Crippen LogP contribution is -2.37.